The maximum atomic E-state index is 12.7. The van der Waals surface area contributed by atoms with Crippen molar-refractivity contribution < 1.29 is 9.53 Å². The predicted octanol–water partition coefficient (Wildman–Crippen LogP) is 1.27. The molecule has 2 aliphatic heterocycles. The van der Waals surface area contributed by atoms with Gasteiger partial charge in [-0.1, -0.05) is 24.3 Å². The third kappa shape index (κ3) is 4.45. The van der Waals surface area contributed by atoms with Crippen LogP contribution in [0.3, 0.4) is 0 Å². The normalized spacial score (nSPS) is 22.5. The summed E-state index contributed by atoms with van der Waals surface area (Å²) >= 11 is 0. The number of hydrogen-bond donors (Lipinski definition) is 0. The van der Waals surface area contributed by atoms with Gasteiger partial charge in [-0.3, -0.25) is 14.6 Å². The summed E-state index contributed by atoms with van der Waals surface area (Å²) in [6, 6.07) is 8.65. The van der Waals surface area contributed by atoms with Gasteiger partial charge in [-0.25, -0.2) is 0 Å². The van der Waals surface area contributed by atoms with Gasteiger partial charge in [0, 0.05) is 58.8 Å². The molecular formula is C21H31N3O2. The van der Waals surface area contributed by atoms with Crippen molar-refractivity contribution in [1.29, 1.82) is 0 Å². The smallest absolute Gasteiger partial charge is 0.222 e. The van der Waals surface area contributed by atoms with Gasteiger partial charge in [-0.2, -0.15) is 0 Å². The topological polar surface area (TPSA) is 36.0 Å². The van der Waals surface area contributed by atoms with Gasteiger partial charge >= 0.3 is 0 Å². The molecule has 0 aromatic heterocycles. The van der Waals surface area contributed by atoms with Crippen LogP contribution in [0, 0.1) is 5.92 Å². The lowest BCUT2D eigenvalue weighted by atomic mass is 10.0. The van der Waals surface area contributed by atoms with E-state index in [1.54, 1.807) is 0 Å². The van der Waals surface area contributed by atoms with Crippen LogP contribution < -0.4 is 0 Å². The Morgan fingerprint density at radius 2 is 1.46 bits per heavy atom. The van der Waals surface area contributed by atoms with E-state index in [9.17, 15) is 4.79 Å². The molecule has 2 saturated heterocycles. The lowest BCUT2D eigenvalue weighted by Gasteiger charge is -2.36. The molecule has 3 aliphatic rings. The molecule has 142 valence electrons. The number of hydrogen-bond acceptors (Lipinski definition) is 4. The Morgan fingerprint density at radius 1 is 0.885 bits per heavy atom. The highest BCUT2D eigenvalue weighted by molar-refractivity contribution is 5.76. The Balaban J connectivity index is 1.17. The van der Waals surface area contributed by atoms with E-state index in [2.05, 4.69) is 39.0 Å². The standard InChI is InChI=1S/C21H31N3O2/c25-21(17-18-15-19-3-1-2-4-20(19)16-18)24-9-7-22(8-10-24)5-6-23-11-13-26-14-12-23/h1-4,18H,5-17H2. The molecule has 5 heteroatoms. The third-order valence-corrected chi connectivity index (χ3v) is 6.16. The summed E-state index contributed by atoms with van der Waals surface area (Å²) in [6.45, 7) is 9.90. The summed E-state index contributed by atoms with van der Waals surface area (Å²) in [5, 5.41) is 0. The van der Waals surface area contributed by atoms with Crippen LogP contribution in [-0.4, -0.2) is 86.2 Å². The number of carbonyl (C=O) groups excluding carboxylic acids is 1. The molecule has 1 aliphatic carbocycles. The maximum Gasteiger partial charge on any atom is 0.222 e. The highest BCUT2D eigenvalue weighted by Crippen LogP contribution is 2.29. The fourth-order valence-electron chi connectivity index (χ4n) is 4.50. The van der Waals surface area contributed by atoms with E-state index in [4.69, 9.17) is 4.74 Å². The second-order valence-electron chi connectivity index (χ2n) is 7.92. The summed E-state index contributed by atoms with van der Waals surface area (Å²) in [5.74, 6) is 0.856. The molecule has 0 N–H and O–H groups in total. The van der Waals surface area contributed by atoms with Gasteiger partial charge in [0.15, 0.2) is 0 Å². The zero-order chi connectivity index (χ0) is 17.8. The third-order valence-electron chi connectivity index (χ3n) is 6.16. The van der Waals surface area contributed by atoms with Crippen molar-refractivity contribution in [3.05, 3.63) is 35.4 Å². The lowest BCUT2D eigenvalue weighted by molar-refractivity contribution is -0.133. The minimum absolute atomic E-state index is 0.357. The summed E-state index contributed by atoms with van der Waals surface area (Å²) in [7, 11) is 0. The van der Waals surface area contributed by atoms with Gasteiger partial charge in [0.1, 0.15) is 0 Å². The van der Waals surface area contributed by atoms with Crippen molar-refractivity contribution in [3.8, 4) is 0 Å². The Labute approximate surface area is 156 Å². The van der Waals surface area contributed by atoms with Gasteiger partial charge in [0.25, 0.3) is 0 Å². The molecule has 0 atom stereocenters. The zero-order valence-corrected chi connectivity index (χ0v) is 15.7. The number of amides is 1. The fraction of sp³-hybridized carbons (Fsp3) is 0.667. The number of carbonyl (C=O) groups is 1. The molecule has 1 amide bonds. The van der Waals surface area contributed by atoms with E-state index in [0.717, 1.165) is 78.4 Å². The second kappa shape index (κ2) is 8.51. The zero-order valence-electron chi connectivity index (χ0n) is 15.7. The van der Waals surface area contributed by atoms with Crippen molar-refractivity contribution in [2.75, 3.05) is 65.6 Å². The van der Waals surface area contributed by atoms with Crippen LogP contribution in [0.25, 0.3) is 0 Å². The SMILES string of the molecule is O=C(CC1Cc2ccccc2C1)N1CCN(CCN2CCOCC2)CC1. The number of rotatable bonds is 5. The minimum Gasteiger partial charge on any atom is -0.379 e. The molecule has 1 aromatic carbocycles. The molecule has 2 heterocycles. The van der Waals surface area contributed by atoms with Gasteiger partial charge in [-0.15, -0.1) is 0 Å². The Hall–Kier alpha value is -1.43. The predicted molar refractivity (Wildman–Crippen MR) is 102 cm³/mol. The van der Waals surface area contributed by atoms with E-state index in [1.165, 1.54) is 11.1 Å². The van der Waals surface area contributed by atoms with Crippen LogP contribution in [0.5, 0.6) is 0 Å². The summed E-state index contributed by atoms with van der Waals surface area (Å²) in [6.07, 6.45) is 2.85. The molecule has 0 radical (unpaired) electrons. The first-order valence-corrected chi connectivity index (χ1v) is 10.1. The van der Waals surface area contributed by atoms with E-state index in [-0.39, 0.29) is 0 Å². The maximum absolute atomic E-state index is 12.7. The van der Waals surface area contributed by atoms with Crippen LogP contribution in [0.1, 0.15) is 17.5 Å². The lowest BCUT2D eigenvalue weighted by Crippen LogP contribution is -2.51. The number of nitrogens with zero attached hydrogens (tertiary/aromatic N) is 3. The van der Waals surface area contributed by atoms with Gasteiger partial charge in [0.05, 0.1) is 13.2 Å². The average Bonchev–Trinajstić information content (AvgIpc) is 3.10. The monoisotopic (exact) mass is 357 g/mol. The molecule has 0 bridgehead atoms. The van der Waals surface area contributed by atoms with Crippen LogP contribution in [0.2, 0.25) is 0 Å². The van der Waals surface area contributed by atoms with E-state index < -0.39 is 0 Å². The fourth-order valence-corrected chi connectivity index (χ4v) is 4.50. The first kappa shape index (κ1) is 18.0. The summed E-state index contributed by atoms with van der Waals surface area (Å²) in [4.78, 5) is 19.8. The highest BCUT2D eigenvalue weighted by atomic mass is 16.5. The first-order valence-electron chi connectivity index (χ1n) is 10.1. The molecule has 0 unspecified atom stereocenters. The second-order valence-corrected chi connectivity index (χ2v) is 7.92. The Kier molecular flexibility index (Phi) is 5.88. The molecular weight excluding hydrogens is 326 g/mol. The molecule has 1 aromatic rings. The van der Waals surface area contributed by atoms with Crippen molar-refractivity contribution in [3.63, 3.8) is 0 Å². The number of piperazine rings is 1. The van der Waals surface area contributed by atoms with Crippen LogP contribution in [-0.2, 0) is 22.4 Å². The number of ether oxygens (including phenoxy) is 1. The van der Waals surface area contributed by atoms with Crippen LogP contribution in [0.15, 0.2) is 24.3 Å². The number of benzene rings is 1. The van der Waals surface area contributed by atoms with Gasteiger partial charge in [0.2, 0.25) is 5.91 Å². The number of fused-ring (bicyclic) bond motifs is 1. The average molecular weight is 357 g/mol. The molecule has 5 nitrogen and oxygen atoms in total. The first-order chi connectivity index (χ1) is 12.8. The molecule has 0 saturated carbocycles. The van der Waals surface area contributed by atoms with Crippen LogP contribution in [0.4, 0.5) is 0 Å². The van der Waals surface area contributed by atoms with Gasteiger partial charge in [-0.05, 0) is 29.9 Å². The minimum atomic E-state index is 0.357. The van der Waals surface area contributed by atoms with Crippen LogP contribution >= 0.6 is 0 Å². The molecule has 4 rings (SSSR count). The van der Waals surface area contributed by atoms with Crippen molar-refractivity contribution in [1.82, 2.24) is 14.7 Å². The Bertz CT molecular complexity index is 582. The van der Waals surface area contributed by atoms with E-state index >= 15 is 0 Å². The summed E-state index contributed by atoms with van der Waals surface area (Å²) < 4.78 is 5.41. The Morgan fingerprint density at radius 3 is 2.08 bits per heavy atom. The van der Waals surface area contributed by atoms with E-state index in [0.29, 0.717) is 18.2 Å². The molecule has 26 heavy (non-hydrogen) atoms. The van der Waals surface area contributed by atoms with Crippen molar-refractivity contribution >= 4 is 5.91 Å². The van der Waals surface area contributed by atoms with Crippen molar-refractivity contribution in [2.45, 2.75) is 19.3 Å². The summed E-state index contributed by atoms with van der Waals surface area (Å²) in [5.41, 5.74) is 2.89. The quantitative estimate of drug-likeness (QED) is 0.795. The molecule has 0 spiro atoms. The molecule has 2 fully saturated rings. The van der Waals surface area contributed by atoms with E-state index in [1.807, 2.05) is 0 Å². The van der Waals surface area contributed by atoms with Gasteiger partial charge < -0.3 is 9.64 Å². The largest absolute Gasteiger partial charge is 0.379 e. The van der Waals surface area contributed by atoms with Crippen molar-refractivity contribution in [2.24, 2.45) is 5.92 Å². The highest BCUT2D eigenvalue weighted by Gasteiger charge is 2.27. The number of morpholine rings is 1.